The Morgan fingerprint density at radius 2 is 1.67 bits per heavy atom. The van der Waals surface area contributed by atoms with Crippen molar-refractivity contribution in [3.05, 3.63) is 0 Å². The molecule has 0 aliphatic carbocycles. The van der Waals surface area contributed by atoms with Gasteiger partial charge >= 0.3 is 5.97 Å². The Morgan fingerprint density at radius 3 is 2.14 bits per heavy atom. The largest absolute Gasteiger partial charge is 0.481 e. The van der Waals surface area contributed by atoms with Crippen molar-refractivity contribution in [2.45, 2.75) is 59.4 Å². The Kier molecular flexibility index (Phi) is 9.41. The molecule has 21 heavy (non-hydrogen) atoms. The molecule has 0 rings (SSSR count). The summed E-state index contributed by atoms with van der Waals surface area (Å²) >= 11 is 0. The van der Waals surface area contributed by atoms with Gasteiger partial charge in [0.2, 0.25) is 11.8 Å². The highest BCUT2D eigenvalue weighted by atomic mass is 16.4. The summed E-state index contributed by atoms with van der Waals surface area (Å²) in [5, 5.41) is 14.0. The third kappa shape index (κ3) is 9.87. The van der Waals surface area contributed by atoms with Crippen molar-refractivity contribution in [2.75, 3.05) is 6.54 Å². The van der Waals surface area contributed by atoms with Gasteiger partial charge in [-0.3, -0.25) is 14.4 Å². The van der Waals surface area contributed by atoms with Crippen LogP contribution in [0.2, 0.25) is 0 Å². The van der Waals surface area contributed by atoms with Gasteiger partial charge in [-0.1, -0.05) is 27.7 Å². The number of aliphatic carboxylic acids is 1. The second-order valence-electron chi connectivity index (χ2n) is 6.03. The summed E-state index contributed by atoms with van der Waals surface area (Å²) in [4.78, 5) is 34.2. The molecule has 0 aromatic carbocycles. The molecule has 1 unspecified atom stereocenters. The minimum absolute atomic E-state index is 0.000122. The Hall–Kier alpha value is -1.59. The lowest BCUT2D eigenvalue weighted by Crippen LogP contribution is -2.50. The van der Waals surface area contributed by atoms with E-state index in [0.29, 0.717) is 25.8 Å². The molecule has 0 fully saturated rings. The third-order valence-electron chi connectivity index (χ3n) is 2.98. The van der Waals surface area contributed by atoms with E-state index in [-0.39, 0.29) is 30.1 Å². The molecule has 3 N–H and O–H groups in total. The van der Waals surface area contributed by atoms with Gasteiger partial charge in [0, 0.05) is 19.4 Å². The van der Waals surface area contributed by atoms with Crippen molar-refractivity contribution in [1.82, 2.24) is 10.6 Å². The van der Waals surface area contributed by atoms with E-state index >= 15 is 0 Å². The maximum absolute atomic E-state index is 12.1. The van der Waals surface area contributed by atoms with Gasteiger partial charge in [-0.25, -0.2) is 0 Å². The second kappa shape index (κ2) is 10.2. The van der Waals surface area contributed by atoms with Gasteiger partial charge in [0.1, 0.15) is 6.04 Å². The molecular weight excluding hydrogens is 272 g/mol. The zero-order valence-corrected chi connectivity index (χ0v) is 13.4. The van der Waals surface area contributed by atoms with Crippen LogP contribution < -0.4 is 10.6 Å². The zero-order valence-electron chi connectivity index (χ0n) is 13.4. The number of hydrogen-bond acceptors (Lipinski definition) is 3. The quantitative estimate of drug-likeness (QED) is 0.533. The van der Waals surface area contributed by atoms with E-state index in [1.54, 1.807) is 0 Å². The van der Waals surface area contributed by atoms with Crippen molar-refractivity contribution in [3.8, 4) is 0 Å². The first-order valence-electron chi connectivity index (χ1n) is 7.52. The lowest BCUT2D eigenvalue weighted by molar-refractivity contribution is -0.137. The van der Waals surface area contributed by atoms with Crippen molar-refractivity contribution in [3.63, 3.8) is 0 Å². The van der Waals surface area contributed by atoms with Crippen LogP contribution >= 0.6 is 0 Å². The highest BCUT2D eigenvalue weighted by molar-refractivity contribution is 5.87. The molecule has 0 heterocycles. The predicted octanol–water partition coefficient (Wildman–Crippen LogP) is 1.54. The van der Waals surface area contributed by atoms with Crippen LogP contribution in [0, 0.1) is 11.8 Å². The summed E-state index contributed by atoms with van der Waals surface area (Å²) in [5.74, 6) is -0.915. The van der Waals surface area contributed by atoms with Gasteiger partial charge in [0.15, 0.2) is 0 Å². The lowest BCUT2D eigenvalue weighted by Gasteiger charge is -2.22. The topological polar surface area (TPSA) is 95.5 Å². The molecule has 122 valence electrons. The second-order valence-corrected chi connectivity index (χ2v) is 6.03. The SMILES string of the molecule is CC(C)CC(=O)NC(C(=O)NCCCCC(=O)O)C(C)C. The van der Waals surface area contributed by atoms with Crippen LogP contribution in [-0.4, -0.2) is 35.5 Å². The molecule has 1 atom stereocenters. The van der Waals surface area contributed by atoms with Crippen LogP contribution in [0.5, 0.6) is 0 Å². The third-order valence-corrected chi connectivity index (χ3v) is 2.98. The Balaban J connectivity index is 4.18. The van der Waals surface area contributed by atoms with E-state index in [1.165, 1.54) is 0 Å². The fraction of sp³-hybridized carbons (Fsp3) is 0.800. The molecule has 0 aliphatic rings. The Labute approximate surface area is 126 Å². The number of carbonyl (C=O) groups is 3. The van der Waals surface area contributed by atoms with E-state index in [0.717, 1.165) is 0 Å². The summed E-state index contributed by atoms with van der Waals surface area (Å²) in [6.07, 6.45) is 1.65. The number of amides is 2. The molecule has 0 bridgehead atoms. The fourth-order valence-corrected chi connectivity index (χ4v) is 1.86. The minimum atomic E-state index is -0.831. The first-order chi connectivity index (χ1) is 9.73. The van der Waals surface area contributed by atoms with Crippen LogP contribution in [0.25, 0.3) is 0 Å². The molecule has 0 aromatic rings. The Morgan fingerprint density at radius 1 is 1.05 bits per heavy atom. The van der Waals surface area contributed by atoms with E-state index < -0.39 is 12.0 Å². The van der Waals surface area contributed by atoms with Gasteiger partial charge < -0.3 is 15.7 Å². The normalized spacial score (nSPS) is 12.3. The molecular formula is C15H28N2O4. The van der Waals surface area contributed by atoms with Crippen molar-refractivity contribution in [1.29, 1.82) is 0 Å². The van der Waals surface area contributed by atoms with Gasteiger partial charge in [-0.2, -0.15) is 0 Å². The van der Waals surface area contributed by atoms with Crippen LogP contribution in [0.15, 0.2) is 0 Å². The van der Waals surface area contributed by atoms with Gasteiger partial charge in [0.05, 0.1) is 0 Å². The average molecular weight is 300 g/mol. The highest BCUT2D eigenvalue weighted by Gasteiger charge is 2.23. The molecule has 0 aliphatic heterocycles. The zero-order chi connectivity index (χ0) is 16.4. The summed E-state index contributed by atoms with van der Waals surface area (Å²) in [6, 6.07) is -0.546. The average Bonchev–Trinajstić information content (AvgIpc) is 2.33. The number of carboxylic acids is 1. The number of hydrogen-bond donors (Lipinski definition) is 3. The predicted molar refractivity (Wildman–Crippen MR) is 80.7 cm³/mol. The van der Waals surface area contributed by atoms with Crippen LogP contribution in [-0.2, 0) is 14.4 Å². The van der Waals surface area contributed by atoms with Crippen molar-refractivity contribution < 1.29 is 19.5 Å². The first kappa shape index (κ1) is 19.4. The van der Waals surface area contributed by atoms with Gasteiger partial charge in [0.25, 0.3) is 0 Å². The molecule has 0 saturated carbocycles. The van der Waals surface area contributed by atoms with Gasteiger partial charge in [-0.15, -0.1) is 0 Å². The highest BCUT2D eigenvalue weighted by Crippen LogP contribution is 2.05. The van der Waals surface area contributed by atoms with E-state index in [9.17, 15) is 14.4 Å². The number of carbonyl (C=O) groups excluding carboxylic acids is 2. The summed E-state index contributed by atoms with van der Waals surface area (Å²) < 4.78 is 0. The monoisotopic (exact) mass is 300 g/mol. The summed E-state index contributed by atoms with van der Waals surface area (Å²) in [6.45, 7) is 8.09. The number of carboxylic acid groups (broad SMARTS) is 1. The molecule has 6 nitrogen and oxygen atoms in total. The Bertz CT molecular complexity index is 354. The van der Waals surface area contributed by atoms with Crippen molar-refractivity contribution >= 4 is 17.8 Å². The number of unbranched alkanes of at least 4 members (excludes halogenated alkanes) is 1. The molecule has 6 heteroatoms. The number of rotatable bonds is 10. The molecule has 0 aromatic heterocycles. The first-order valence-corrected chi connectivity index (χ1v) is 7.52. The van der Waals surface area contributed by atoms with E-state index in [2.05, 4.69) is 10.6 Å². The molecule has 0 spiro atoms. The standard InChI is InChI=1S/C15H28N2O4/c1-10(2)9-12(18)17-14(11(3)4)15(21)16-8-6-5-7-13(19)20/h10-11,14H,5-9H2,1-4H3,(H,16,21)(H,17,18)(H,19,20). The van der Waals surface area contributed by atoms with Crippen LogP contribution in [0.1, 0.15) is 53.4 Å². The summed E-state index contributed by atoms with van der Waals surface area (Å²) in [5.41, 5.74) is 0. The summed E-state index contributed by atoms with van der Waals surface area (Å²) in [7, 11) is 0. The fourth-order valence-electron chi connectivity index (χ4n) is 1.86. The smallest absolute Gasteiger partial charge is 0.303 e. The van der Waals surface area contributed by atoms with Gasteiger partial charge in [-0.05, 0) is 24.7 Å². The van der Waals surface area contributed by atoms with E-state index in [1.807, 2.05) is 27.7 Å². The molecule has 0 saturated heterocycles. The van der Waals surface area contributed by atoms with Crippen LogP contribution in [0.4, 0.5) is 0 Å². The minimum Gasteiger partial charge on any atom is -0.481 e. The van der Waals surface area contributed by atoms with Crippen molar-refractivity contribution in [2.24, 2.45) is 11.8 Å². The lowest BCUT2D eigenvalue weighted by atomic mass is 10.0. The van der Waals surface area contributed by atoms with E-state index in [4.69, 9.17) is 5.11 Å². The molecule has 0 radical (unpaired) electrons. The number of nitrogens with one attached hydrogen (secondary N) is 2. The molecule has 2 amide bonds. The maximum atomic E-state index is 12.1. The van der Waals surface area contributed by atoms with Crippen LogP contribution in [0.3, 0.4) is 0 Å². The maximum Gasteiger partial charge on any atom is 0.303 e.